The molecule has 0 aliphatic carbocycles. The van der Waals surface area contributed by atoms with E-state index in [0.717, 1.165) is 24.3 Å². The molecule has 1 aromatic carbocycles. The maximum Gasteiger partial charge on any atom is 0.144 e. The lowest BCUT2D eigenvalue weighted by Crippen LogP contribution is -2.15. The Kier molecular flexibility index (Phi) is 4.05. The van der Waals surface area contributed by atoms with Crippen molar-refractivity contribution in [3.63, 3.8) is 0 Å². The molecule has 1 unspecified atom stereocenters. The lowest BCUT2D eigenvalue weighted by Gasteiger charge is -2.12. The molecule has 0 saturated carbocycles. The van der Waals surface area contributed by atoms with Crippen molar-refractivity contribution >= 4 is 5.82 Å². The van der Waals surface area contributed by atoms with Gasteiger partial charge in [0.25, 0.3) is 0 Å². The first-order valence-electron chi connectivity index (χ1n) is 5.66. The van der Waals surface area contributed by atoms with Gasteiger partial charge in [0.1, 0.15) is 5.82 Å². The number of nitrogens with one attached hydrogen (secondary N) is 1. The van der Waals surface area contributed by atoms with Crippen molar-refractivity contribution < 1.29 is 0 Å². The summed E-state index contributed by atoms with van der Waals surface area (Å²) in [7, 11) is 0. The molecule has 0 fully saturated rings. The zero-order valence-electron chi connectivity index (χ0n) is 9.58. The standard InChI is InChI=1S/C13H16N4/c14-12(11-4-2-1-3-5-11)6-7-16-13-10-15-8-9-17-13/h1-5,8-10,12H,6-7,14H2,(H,16,17). The van der Waals surface area contributed by atoms with Crippen LogP contribution in [0.4, 0.5) is 5.82 Å². The summed E-state index contributed by atoms with van der Waals surface area (Å²) in [6.45, 7) is 0.786. The van der Waals surface area contributed by atoms with Crippen LogP contribution in [0.1, 0.15) is 18.0 Å². The second kappa shape index (κ2) is 5.96. The number of anilines is 1. The SMILES string of the molecule is NC(CCNc1cnccn1)c1ccccc1. The molecule has 0 spiro atoms. The van der Waals surface area contributed by atoms with Gasteiger partial charge in [0, 0.05) is 25.0 Å². The minimum absolute atomic E-state index is 0.0559. The molecular weight excluding hydrogens is 212 g/mol. The van der Waals surface area contributed by atoms with Crippen LogP contribution in [0, 0.1) is 0 Å². The Morgan fingerprint density at radius 3 is 2.71 bits per heavy atom. The van der Waals surface area contributed by atoms with E-state index in [0.29, 0.717) is 0 Å². The van der Waals surface area contributed by atoms with Gasteiger partial charge in [0.15, 0.2) is 0 Å². The normalized spacial score (nSPS) is 12.1. The summed E-state index contributed by atoms with van der Waals surface area (Å²) in [6, 6.07) is 10.2. The van der Waals surface area contributed by atoms with E-state index in [2.05, 4.69) is 15.3 Å². The summed E-state index contributed by atoms with van der Waals surface area (Å²) in [5.41, 5.74) is 7.24. The Hall–Kier alpha value is -1.94. The molecule has 0 radical (unpaired) electrons. The average Bonchev–Trinajstić information content (AvgIpc) is 2.41. The van der Waals surface area contributed by atoms with Gasteiger partial charge in [-0.05, 0) is 12.0 Å². The van der Waals surface area contributed by atoms with E-state index < -0.39 is 0 Å². The largest absolute Gasteiger partial charge is 0.369 e. The maximum absolute atomic E-state index is 6.08. The Bertz CT molecular complexity index is 430. The Morgan fingerprint density at radius 2 is 2.00 bits per heavy atom. The molecule has 1 atom stereocenters. The van der Waals surface area contributed by atoms with E-state index in [-0.39, 0.29) is 6.04 Å². The first-order valence-corrected chi connectivity index (χ1v) is 5.66. The van der Waals surface area contributed by atoms with Gasteiger partial charge < -0.3 is 11.1 Å². The number of hydrogen-bond donors (Lipinski definition) is 2. The second-order valence-electron chi connectivity index (χ2n) is 3.82. The summed E-state index contributed by atoms with van der Waals surface area (Å²) in [5.74, 6) is 0.785. The fourth-order valence-electron chi connectivity index (χ4n) is 1.61. The van der Waals surface area contributed by atoms with Gasteiger partial charge in [-0.1, -0.05) is 30.3 Å². The predicted molar refractivity (Wildman–Crippen MR) is 68.5 cm³/mol. The third kappa shape index (κ3) is 3.53. The number of aromatic nitrogens is 2. The lowest BCUT2D eigenvalue weighted by atomic mass is 10.1. The van der Waals surface area contributed by atoms with E-state index >= 15 is 0 Å². The molecule has 3 N–H and O–H groups in total. The Morgan fingerprint density at radius 1 is 1.18 bits per heavy atom. The molecule has 1 aromatic heterocycles. The molecule has 0 amide bonds. The van der Waals surface area contributed by atoms with Crippen LogP contribution in [0.3, 0.4) is 0 Å². The van der Waals surface area contributed by atoms with Gasteiger partial charge in [0.05, 0.1) is 6.20 Å². The van der Waals surface area contributed by atoms with Gasteiger partial charge >= 0.3 is 0 Å². The maximum atomic E-state index is 6.08. The molecule has 2 rings (SSSR count). The summed E-state index contributed by atoms with van der Waals surface area (Å²) >= 11 is 0. The monoisotopic (exact) mass is 228 g/mol. The van der Waals surface area contributed by atoms with Crippen molar-refractivity contribution in [3.05, 3.63) is 54.5 Å². The van der Waals surface area contributed by atoms with Gasteiger partial charge in [-0.2, -0.15) is 0 Å². The highest BCUT2D eigenvalue weighted by atomic mass is 15.0. The molecule has 0 aliphatic rings. The third-order valence-electron chi connectivity index (χ3n) is 2.55. The number of nitrogens with two attached hydrogens (primary N) is 1. The second-order valence-corrected chi connectivity index (χ2v) is 3.82. The summed E-state index contributed by atoms with van der Waals surface area (Å²) in [6.07, 6.45) is 5.88. The van der Waals surface area contributed by atoms with Crippen LogP contribution in [-0.4, -0.2) is 16.5 Å². The highest BCUT2D eigenvalue weighted by molar-refractivity contribution is 5.29. The van der Waals surface area contributed by atoms with Gasteiger partial charge in [-0.25, -0.2) is 4.98 Å². The topological polar surface area (TPSA) is 63.8 Å². The quantitative estimate of drug-likeness (QED) is 0.821. The van der Waals surface area contributed by atoms with Crippen molar-refractivity contribution in [2.75, 3.05) is 11.9 Å². The van der Waals surface area contributed by atoms with E-state index in [1.807, 2.05) is 30.3 Å². The molecule has 1 heterocycles. The van der Waals surface area contributed by atoms with E-state index in [1.54, 1.807) is 18.6 Å². The number of benzene rings is 1. The Labute approximate surface area is 101 Å². The molecule has 0 bridgehead atoms. The van der Waals surface area contributed by atoms with E-state index in [9.17, 15) is 0 Å². The van der Waals surface area contributed by atoms with Crippen molar-refractivity contribution in [2.45, 2.75) is 12.5 Å². The van der Waals surface area contributed by atoms with E-state index in [1.165, 1.54) is 0 Å². The first-order chi connectivity index (χ1) is 8.36. The number of hydrogen-bond acceptors (Lipinski definition) is 4. The van der Waals surface area contributed by atoms with Crippen molar-refractivity contribution in [1.82, 2.24) is 9.97 Å². The molecule has 4 heteroatoms. The first kappa shape index (κ1) is 11.5. The van der Waals surface area contributed by atoms with Crippen LogP contribution >= 0.6 is 0 Å². The smallest absolute Gasteiger partial charge is 0.144 e. The molecule has 4 nitrogen and oxygen atoms in total. The Balaban J connectivity index is 1.79. The van der Waals surface area contributed by atoms with Crippen LogP contribution in [0.25, 0.3) is 0 Å². The summed E-state index contributed by atoms with van der Waals surface area (Å²) < 4.78 is 0. The molecular formula is C13H16N4. The minimum atomic E-state index is 0.0559. The summed E-state index contributed by atoms with van der Waals surface area (Å²) in [5, 5.41) is 3.19. The van der Waals surface area contributed by atoms with Crippen LogP contribution in [0.5, 0.6) is 0 Å². The highest BCUT2D eigenvalue weighted by Crippen LogP contribution is 2.13. The molecule has 0 aliphatic heterocycles. The van der Waals surface area contributed by atoms with Crippen LogP contribution < -0.4 is 11.1 Å². The third-order valence-corrected chi connectivity index (χ3v) is 2.55. The zero-order chi connectivity index (χ0) is 11.9. The van der Waals surface area contributed by atoms with Crippen LogP contribution in [0.2, 0.25) is 0 Å². The fraction of sp³-hybridized carbons (Fsp3) is 0.231. The van der Waals surface area contributed by atoms with Crippen LogP contribution in [-0.2, 0) is 0 Å². The van der Waals surface area contributed by atoms with Crippen molar-refractivity contribution in [3.8, 4) is 0 Å². The predicted octanol–water partition coefficient (Wildman–Crippen LogP) is 1.98. The molecule has 17 heavy (non-hydrogen) atoms. The van der Waals surface area contributed by atoms with Gasteiger partial charge in [-0.3, -0.25) is 4.98 Å². The molecule has 2 aromatic rings. The van der Waals surface area contributed by atoms with Gasteiger partial charge in [-0.15, -0.1) is 0 Å². The lowest BCUT2D eigenvalue weighted by molar-refractivity contribution is 0.674. The highest BCUT2D eigenvalue weighted by Gasteiger charge is 2.04. The van der Waals surface area contributed by atoms with Crippen molar-refractivity contribution in [1.29, 1.82) is 0 Å². The zero-order valence-corrected chi connectivity index (χ0v) is 9.58. The molecule has 88 valence electrons. The number of nitrogens with zero attached hydrogens (tertiary/aromatic N) is 2. The van der Waals surface area contributed by atoms with Crippen molar-refractivity contribution in [2.24, 2.45) is 5.73 Å². The fourth-order valence-corrected chi connectivity index (χ4v) is 1.61. The van der Waals surface area contributed by atoms with Crippen LogP contribution in [0.15, 0.2) is 48.9 Å². The molecule has 0 saturated heterocycles. The van der Waals surface area contributed by atoms with Gasteiger partial charge in [0.2, 0.25) is 0 Å². The minimum Gasteiger partial charge on any atom is -0.369 e. The average molecular weight is 228 g/mol. The van der Waals surface area contributed by atoms with E-state index in [4.69, 9.17) is 5.73 Å². The number of rotatable bonds is 5. The summed E-state index contributed by atoms with van der Waals surface area (Å²) in [4.78, 5) is 8.12.